The number of carbonyl (C=O) groups excluding carboxylic acids is 2. The van der Waals surface area contributed by atoms with E-state index in [2.05, 4.69) is 43.0 Å². The van der Waals surface area contributed by atoms with Crippen molar-refractivity contribution in [1.82, 2.24) is 9.97 Å². The molecule has 2 fully saturated rings. The Hall–Kier alpha value is -5.03. The second-order valence-corrected chi connectivity index (χ2v) is 10.1. The second-order valence-electron chi connectivity index (χ2n) is 10.1. The van der Waals surface area contributed by atoms with Gasteiger partial charge in [0.25, 0.3) is 0 Å². The van der Waals surface area contributed by atoms with E-state index in [1.807, 2.05) is 12.1 Å². The van der Waals surface area contributed by atoms with Crippen LogP contribution in [0.2, 0.25) is 0 Å². The van der Waals surface area contributed by atoms with Gasteiger partial charge in [-0.3, -0.25) is 9.59 Å². The summed E-state index contributed by atoms with van der Waals surface area (Å²) in [7, 11) is 0. The number of halogens is 1. The van der Waals surface area contributed by atoms with Gasteiger partial charge in [-0.2, -0.15) is 0 Å². The molecule has 1 aliphatic heterocycles. The minimum atomic E-state index is -1.14. The molecule has 3 aromatic carbocycles. The summed E-state index contributed by atoms with van der Waals surface area (Å²) < 4.78 is 24.5. The number of nitrogens with one attached hydrogen (secondary N) is 3. The molecular weight excluding hydrogens is 539 g/mol. The Morgan fingerprint density at radius 3 is 2.17 bits per heavy atom. The number of anilines is 5. The van der Waals surface area contributed by atoms with Crippen molar-refractivity contribution in [3.63, 3.8) is 0 Å². The Labute approximate surface area is 241 Å². The second kappa shape index (κ2) is 11.8. The molecule has 2 amide bonds. The lowest BCUT2D eigenvalue weighted by molar-refractivity contribution is -0.131. The number of hydrogen-bond donors (Lipinski definition) is 3. The first-order valence-corrected chi connectivity index (χ1v) is 13.7. The fourth-order valence-corrected chi connectivity index (χ4v) is 4.66. The highest BCUT2D eigenvalue weighted by molar-refractivity contribution is 6.16. The van der Waals surface area contributed by atoms with Crippen molar-refractivity contribution in [3.05, 3.63) is 91.0 Å². The van der Waals surface area contributed by atoms with Gasteiger partial charge in [-0.05, 0) is 79.6 Å². The summed E-state index contributed by atoms with van der Waals surface area (Å²) >= 11 is 0. The number of benzene rings is 3. The number of carbonyl (C=O) groups is 2. The SMILES string of the molecule is O=C(Nc1ccc(F)cc1)C1(C(=O)Nc2ccc(Oc3cc(Nc4cccc(N5CCOCC5)c4)ncn3)cc2)CC1. The molecule has 4 aromatic rings. The molecule has 2 aliphatic rings. The third kappa shape index (κ3) is 6.31. The molecule has 3 N–H and O–H groups in total. The lowest BCUT2D eigenvalue weighted by atomic mass is 10.0. The minimum Gasteiger partial charge on any atom is -0.439 e. The number of nitrogens with zero attached hydrogens (tertiary/aromatic N) is 3. The van der Waals surface area contributed by atoms with Crippen molar-refractivity contribution in [2.45, 2.75) is 12.8 Å². The molecule has 0 bridgehead atoms. The number of ether oxygens (including phenoxy) is 2. The van der Waals surface area contributed by atoms with E-state index in [1.54, 1.807) is 30.3 Å². The summed E-state index contributed by atoms with van der Waals surface area (Å²) in [4.78, 5) is 36.5. The maximum absolute atomic E-state index is 13.2. The van der Waals surface area contributed by atoms with Crippen LogP contribution in [0.1, 0.15) is 12.8 Å². The molecular formula is C31H29FN6O4. The maximum Gasteiger partial charge on any atom is 0.240 e. The van der Waals surface area contributed by atoms with Crippen LogP contribution in [0.4, 0.5) is 33.0 Å². The van der Waals surface area contributed by atoms with E-state index in [0.29, 0.717) is 54.9 Å². The summed E-state index contributed by atoms with van der Waals surface area (Å²) in [5.74, 6) is 0.246. The van der Waals surface area contributed by atoms with Crippen LogP contribution in [0, 0.1) is 11.2 Å². The zero-order chi connectivity index (χ0) is 28.9. The van der Waals surface area contributed by atoms with Gasteiger partial charge in [-0.25, -0.2) is 14.4 Å². The molecule has 1 aliphatic carbocycles. The van der Waals surface area contributed by atoms with Crippen molar-refractivity contribution in [2.75, 3.05) is 47.2 Å². The summed E-state index contributed by atoms with van der Waals surface area (Å²) in [6.45, 7) is 3.14. The van der Waals surface area contributed by atoms with Crippen LogP contribution in [-0.2, 0) is 14.3 Å². The van der Waals surface area contributed by atoms with E-state index >= 15 is 0 Å². The van der Waals surface area contributed by atoms with Gasteiger partial charge in [-0.15, -0.1) is 0 Å². The van der Waals surface area contributed by atoms with Gasteiger partial charge in [0, 0.05) is 41.9 Å². The van der Waals surface area contributed by atoms with E-state index in [1.165, 1.54) is 30.6 Å². The Bertz CT molecular complexity index is 1570. The van der Waals surface area contributed by atoms with Gasteiger partial charge < -0.3 is 30.3 Å². The first-order valence-electron chi connectivity index (χ1n) is 13.7. The molecule has 1 saturated heterocycles. The quantitative estimate of drug-likeness (QED) is 0.232. The molecule has 1 aromatic heterocycles. The fraction of sp³-hybridized carbons (Fsp3) is 0.226. The van der Waals surface area contributed by atoms with Crippen LogP contribution in [0.5, 0.6) is 11.6 Å². The van der Waals surface area contributed by atoms with Crippen molar-refractivity contribution in [2.24, 2.45) is 5.41 Å². The lowest BCUT2D eigenvalue weighted by Crippen LogP contribution is -2.36. The first-order chi connectivity index (χ1) is 20.5. The summed E-state index contributed by atoms with van der Waals surface area (Å²) in [5.41, 5.74) is 1.82. The van der Waals surface area contributed by atoms with Crippen LogP contribution in [0.15, 0.2) is 85.2 Å². The molecule has 11 heteroatoms. The van der Waals surface area contributed by atoms with E-state index in [-0.39, 0.29) is 5.91 Å². The Balaban J connectivity index is 1.05. The monoisotopic (exact) mass is 568 g/mol. The highest BCUT2D eigenvalue weighted by Gasteiger charge is 2.56. The highest BCUT2D eigenvalue weighted by Crippen LogP contribution is 2.47. The Morgan fingerprint density at radius 1 is 0.833 bits per heavy atom. The standard InChI is InChI=1S/C31H29FN6O4/c32-21-4-6-22(7-5-21)36-29(39)31(12-13-31)30(40)37-23-8-10-26(11-9-23)42-28-19-27(33-20-34-28)35-24-2-1-3-25(18-24)38-14-16-41-17-15-38/h1-11,18-20H,12-17H2,(H,36,39)(H,37,40)(H,33,34,35). The Morgan fingerprint density at radius 2 is 1.50 bits per heavy atom. The summed E-state index contributed by atoms with van der Waals surface area (Å²) in [6, 6.07) is 22.0. The molecule has 10 nitrogen and oxygen atoms in total. The van der Waals surface area contributed by atoms with Crippen molar-refractivity contribution >= 4 is 40.4 Å². The Kier molecular flexibility index (Phi) is 7.65. The van der Waals surface area contributed by atoms with Gasteiger partial charge in [0.2, 0.25) is 17.7 Å². The van der Waals surface area contributed by atoms with Gasteiger partial charge in [0.15, 0.2) is 0 Å². The average Bonchev–Trinajstić information content (AvgIpc) is 3.83. The molecule has 0 radical (unpaired) electrons. The minimum absolute atomic E-state index is 0.350. The van der Waals surface area contributed by atoms with Crippen LogP contribution < -0.4 is 25.6 Å². The van der Waals surface area contributed by atoms with Gasteiger partial charge >= 0.3 is 0 Å². The van der Waals surface area contributed by atoms with Gasteiger partial charge in [0.1, 0.15) is 29.1 Å². The fourth-order valence-electron chi connectivity index (χ4n) is 4.66. The lowest BCUT2D eigenvalue weighted by Gasteiger charge is -2.29. The number of hydrogen-bond acceptors (Lipinski definition) is 8. The molecule has 0 atom stereocenters. The summed E-state index contributed by atoms with van der Waals surface area (Å²) in [6.07, 6.45) is 2.30. The molecule has 0 unspecified atom stereocenters. The van der Waals surface area contributed by atoms with Crippen molar-refractivity contribution < 1.29 is 23.5 Å². The van der Waals surface area contributed by atoms with Gasteiger partial charge in [0.05, 0.1) is 13.2 Å². The molecule has 6 rings (SSSR count). The zero-order valence-corrected chi connectivity index (χ0v) is 22.7. The van der Waals surface area contributed by atoms with Gasteiger partial charge in [-0.1, -0.05) is 6.07 Å². The number of morpholine rings is 1. The highest BCUT2D eigenvalue weighted by atomic mass is 19.1. The predicted octanol–water partition coefficient (Wildman–Crippen LogP) is 5.35. The molecule has 1 saturated carbocycles. The summed E-state index contributed by atoms with van der Waals surface area (Å²) in [5, 5.41) is 8.82. The largest absolute Gasteiger partial charge is 0.439 e. The smallest absolute Gasteiger partial charge is 0.240 e. The van der Waals surface area contributed by atoms with Crippen molar-refractivity contribution in [1.29, 1.82) is 0 Å². The molecule has 2 heterocycles. The number of aromatic nitrogens is 2. The van der Waals surface area contributed by atoms with E-state index in [4.69, 9.17) is 9.47 Å². The van der Waals surface area contributed by atoms with E-state index in [9.17, 15) is 14.0 Å². The van der Waals surface area contributed by atoms with Crippen LogP contribution in [0.25, 0.3) is 0 Å². The topological polar surface area (TPSA) is 118 Å². The van der Waals surface area contributed by atoms with Crippen LogP contribution >= 0.6 is 0 Å². The average molecular weight is 569 g/mol. The third-order valence-corrected chi connectivity index (χ3v) is 7.19. The number of rotatable bonds is 9. The molecule has 214 valence electrons. The van der Waals surface area contributed by atoms with Crippen LogP contribution in [-0.4, -0.2) is 48.1 Å². The number of amides is 2. The molecule has 42 heavy (non-hydrogen) atoms. The molecule has 0 spiro atoms. The first kappa shape index (κ1) is 27.2. The van der Waals surface area contributed by atoms with Crippen molar-refractivity contribution in [3.8, 4) is 11.6 Å². The van der Waals surface area contributed by atoms with E-state index < -0.39 is 17.1 Å². The van der Waals surface area contributed by atoms with E-state index in [0.717, 1.165) is 24.5 Å². The zero-order valence-electron chi connectivity index (χ0n) is 22.7. The predicted molar refractivity (Wildman–Crippen MR) is 157 cm³/mol. The third-order valence-electron chi connectivity index (χ3n) is 7.19. The maximum atomic E-state index is 13.2. The normalized spacial score (nSPS) is 15.4. The van der Waals surface area contributed by atoms with Crippen LogP contribution in [0.3, 0.4) is 0 Å².